The maximum atomic E-state index is 10.9. The molecule has 6 nitrogen and oxygen atoms in total. The van der Waals surface area contributed by atoms with E-state index >= 15 is 0 Å². The van der Waals surface area contributed by atoms with Crippen molar-refractivity contribution < 1.29 is 19.4 Å². The Morgan fingerprint density at radius 3 is 2.39 bits per heavy atom. The topological polar surface area (TPSA) is 71.0 Å². The van der Waals surface area contributed by atoms with Crippen LogP contribution in [0.15, 0.2) is 0 Å². The largest absolute Gasteiger partial charge is 0.480 e. The first-order chi connectivity index (χ1) is 8.65. The van der Waals surface area contributed by atoms with Crippen LogP contribution in [-0.2, 0) is 14.3 Å². The molecule has 1 atom stereocenters. The number of rotatable bonds is 12. The molecule has 0 heterocycles. The van der Waals surface area contributed by atoms with Gasteiger partial charge in [0.25, 0.3) is 0 Å². The summed E-state index contributed by atoms with van der Waals surface area (Å²) < 4.78 is 10.1. The van der Waals surface area contributed by atoms with Gasteiger partial charge in [0.05, 0.1) is 6.61 Å². The average molecular weight is 262 g/mol. The fourth-order valence-corrected chi connectivity index (χ4v) is 1.69. The predicted molar refractivity (Wildman–Crippen MR) is 69.9 cm³/mol. The monoisotopic (exact) mass is 262 g/mol. The molecule has 0 aliphatic heterocycles. The van der Waals surface area contributed by atoms with Gasteiger partial charge >= 0.3 is 5.97 Å². The molecule has 2 N–H and O–H groups in total. The number of nitrogens with one attached hydrogen (secondary N) is 1. The molecule has 18 heavy (non-hydrogen) atoms. The minimum Gasteiger partial charge on any atom is -0.480 e. The molecule has 0 radical (unpaired) electrons. The predicted octanol–water partition coefficient (Wildman–Crippen LogP) is 0.0340. The van der Waals surface area contributed by atoms with Crippen molar-refractivity contribution in [2.75, 3.05) is 54.1 Å². The molecular formula is C12H26N2O4. The lowest BCUT2D eigenvalue weighted by atomic mass is 10.2. The van der Waals surface area contributed by atoms with E-state index in [4.69, 9.17) is 14.6 Å². The minimum absolute atomic E-state index is 0.488. The molecule has 0 spiro atoms. The van der Waals surface area contributed by atoms with E-state index in [0.717, 1.165) is 32.7 Å². The summed E-state index contributed by atoms with van der Waals surface area (Å²) in [4.78, 5) is 13.1. The van der Waals surface area contributed by atoms with Crippen LogP contribution >= 0.6 is 0 Å². The minimum atomic E-state index is -0.805. The van der Waals surface area contributed by atoms with Crippen molar-refractivity contribution in [3.63, 3.8) is 0 Å². The summed E-state index contributed by atoms with van der Waals surface area (Å²) in [6, 6.07) is -0.488. The Bertz CT molecular complexity index is 214. The van der Waals surface area contributed by atoms with Gasteiger partial charge in [0.1, 0.15) is 6.04 Å². The first-order valence-corrected chi connectivity index (χ1v) is 6.26. The van der Waals surface area contributed by atoms with Gasteiger partial charge in [-0.2, -0.15) is 0 Å². The lowest BCUT2D eigenvalue weighted by molar-refractivity contribution is -0.139. The highest BCUT2D eigenvalue weighted by Crippen LogP contribution is 1.99. The number of aliphatic carboxylic acids is 1. The quantitative estimate of drug-likeness (QED) is 0.484. The van der Waals surface area contributed by atoms with Gasteiger partial charge in [-0.3, -0.25) is 4.79 Å². The Hall–Kier alpha value is -0.690. The van der Waals surface area contributed by atoms with Crippen molar-refractivity contribution >= 4 is 5.97 Å². The fourth-order valence-electron chi connectivity index (χ4n) is 1.69. The zero-order valence-corrected chi connectivity index (χ0v) is 11.6. The summed E-state index contributed by atoms with van der Waals surface area (Å²) in [6.45, 7) is 3.83. The fraction of sp³-hybridized carbons (Fsp3) is 0.917. The number of carboxylic acids is 1. The SMILES string of the molecule is CNC(CCN(CCCOC)CCOC)C(=O)O. The van der Waals surface area contributed by atoms with Crippen LogP contribution in [0.25, 0.3) is 0 Å². The van der Waals surface area contributed by atoms with Crippen LogP contribution in [0.3, 0.4) is 0 Å². The standard InChI is InChI=1S/C12H26N2O4/c1-13-11(12(15)16)5-7-14(8-10-18-3)6-4-9-17-2/h11,13H,4-10H2,1-3H3,(H,15,16). The molecule has 0 aliphatic rings. The summed E-state index contributed by atoms with van der Waals surface area (Å²) in [6.07, 6.45) is 1.53. The van der Waals surface area contributed by atoms with E-state index in [-0.39, 0.29) is 0 Å². The van der Waals surface area contributed by atoms with Gasteiger partial charge in [0.2, 0.25) is 0 Å². The first kappa shape index (κ1) is 17.3. The second kappa shape index (κ2) is 11.4. The number of carbonyl (C=O) groups is 1. The van der Waals surface area contributed by atoms with Gasteiger partial charge in [-0.1, -0.05) is 0 Å². The van der Waals surface area contributed by atoms with Crippen LogP contribution in [0, 0.1) is 0 Å². The van der Waals surface area contributed by atoms with Gasteiger partial charge in [-0.25, -0.2) is 0 Å². The van der Waals surface area contributed by atoms with E-state index in [1.807, 2.05) is 0 Å². The third kappa shape index (κ3) is 8.41. The number of hydrogen-bond acceptors (Lipinski definition) is 5. The number of carboxylic acid groups (broad SMARTS) is 1. The lowest BCUT2D eigenvalue weighted by Crippen LogP contribution is -2.39. The number of ether oxygens (including phenoxy) is 2. The Morgan fingerprint density at radius 2 is 1.89 bits per heavy atom. The molecule has 0 rings (SSSR count). The van der Waals surface area contributed by atoms with Crippen molar-refractivity contribution in [2.45, 2.75) is 18.9 Å². The van der Waals surface area contributed by atoms with Gasteiger partial charge in [0, 0.05) is 40.5 Å². The third-order valence-corrected chi connectivity index (χ3v) is 2.82. The van der Waals surface area contributed by atoms with Gasteiger partial charge < -0.3 is 24.8 Å². The molecule has 0 bridgehead atoms. The van der Waals surface area contributed by atoms with Crippen molar-refractivity contribution in [3.05, 3.63) is 0 Å². The molecule has 1 unspecified atom stereocenters. The molecule has 6 heteroatoms. The highest BCUT2D eigenvalue weighted by atomic mass is 16.5. The van der Waals surface area contributed by atoms with E-state index < -0.39 is 12.0 Å². The second-order valence-electron chi connectivity index (χ2n) is 4.15. The zero-order chi connectivity index (χ0) is 13.8. The van der Waals surface area contributed by atoms with Crippen LogP contribution in [-0.4, -0.2) is 76.1 Å². The number of likely N-dealkylation sites (N-methyl/N-ethyl adjacent to an activating group) is 1. The molecule has 0 aliphatic carbocycles. The lowest BCUT2D eigenvalue weighted by Gasteiger charge is -2.23. The zero-order valence-electron chi connectivity index (χ0n) is 11.6. The van der Waals surface area contributed by atoms with E-state index in [9.17, 15) is 4.79 Å². The first-order valence-electron chi connectivity index (χ1n) is 6.26. The number of methoxy groups -OCH3 is 2. The van der Waals surface area contributed by atoms with Gasteiger partial charge in [0.15, 0.2) is 0 Å². The normalized spacial score (nSPS) is 12.9. The summed E-state index contributed by atoms with van der Waals surface area (Å²) in [5.41, 5.74) is 0. The molecule has 0 aromatic rings. The highest BCUT2D eigenvalue weighted by molar-refractivity contribution is 5.73. The van der Waals surface area contributed by atoms with Crippen molar-refractivity contribution in [1.29, 1.82) is 0 Å². The van der Waals surface area contributed by atoms with Crippen LogP contribution in [0.4, 0.5) is 0 Å². The Labute approximate surface area is 109 Å². The van der Waals surface area contributed by atoms with Gasteiger partial charge in [-0.05, 0) is 19.9 Å². The van der Waals surface area contributed by atoms with E-state index in [2.05, 4.69) is 10.2 Å². The van der Waals surface area contributed by atoms with E-state index in [1.54, 1.807) is 21.3 Å². The van der Waals surface area contributed by atoms with E-state index in [0.29, 0.717) is 13.0 Å². The smallest absolute Gasteiger partial charge is 0.320 e. The molecule has 0 amide bonds. The summed E-state index contributed by atoms with van der Waals surface area (Å²) in [7, 11) is 5.02. The van der Waals surface area contributed by atoms with Gasteiger partial charge in [-0.15, -0.1) is 0 Å². The highest BCUT2D eigenvalue weighted by Gasteiger charge is 2.16. The van der Waals surface area contributed by atoms with Crippen LogP contribution in [0.2, 0.25) is 0 Å². The second-order valence-corrected chi connectivity index (χ2v) is 4.15. The molecule has 108 valence electrons. The molecule has 0 saturated carbocycles. The van der Waals surface area contributed by atoms with Crippen molar-refractivity contribution in [2.24, 2.45) is 0 Å². The maximum Gasteiger partial charge on any atom is 0.320 e. The Morgan fingerprint density at radius 1 is 1.22 bits per heavy atom. The molecule has 0 fully saturated rings. The number of hydrogen-bond donors (Lipinski definition) is 2. The van der Waals surface area contributed by atoms with Crippen LogP contribution < -0.4 is 5.32 Å². The van der Waals surface area contributed by atoms with E-state index in [1.165, 1.54) is 0 Å². The van der Waals surface area contributed by atoms with Crippen molar-refractivity contribution in [3.8, 4) is 0 Å². The molecule has 0 aromatic carbocycles. The maximum absolute atomic E-state index is 10.9. The molecular weight excluding hydrogens is 236 g/mol. The van der Waals surface area contributed by atoms with Crippen LogP contribution in [0.1, 0.15) is 12.8 Å². The average Bonchev–Trinajstić information content (AvgIpc) is 2.35. The van der Waals surface area contributed by atoms with Crippen molar-refractivity contribution in [1.82, 2.24) is 10.2 Å². The summed E-state index contributed by atoms with van der Waals surface area (Å²) in [5.74, 6) is -0.805. The number of nitrogens with zero attached hydrogens (tertiary/aromatic N) is 1. The molecule has 0 saturated heterocycles. The Kier molecular flexibility index (Phi) is 11.0. The molecule has 0 aromatic heterocycles. The Balaban J connectivity index is 4.00. The summed E-state index contributed by atoms with van der Waals surface area (Å²) >= 11 is 0. The third-order valence-electron chi connectivity index (χ3n) is 2.82. The van der Waals surface area contributed by atoms with Crippen LogP contribution in [0.5, 0.6) is 0 Å². The summed E-state index contributed by atoms with van der Waals surface area (Å²) in [5, 5.41) is 11.7.